The smallest absolute Gasteiger partial charge is 0.224 e. The molecule has 5 nitrogen and oxygen atoms in total. The molecule has 0 bridgehead atoms. The van der Waals surface area contributed by atoms with E-state index in [1.54, 1.807) is 7.11 Å². The molecule has 2 N–H and O–H groups in total. The zero-order chi connectivity index (χ0) is 19.2. The van der Waals surface area contributed by atoms with Crippen molar-refractivity contribution in [2.45, 2.75) is 20.3 Å². The summed E-state index contributed by atoms with van der Waals surface area (Å²) in [5.74, 6) is 2.09. The van der Waals surface area contributed by atoms with Gasteiger partial charge in [0.2, 0.25) is 5.95 Å². The maximum absolute atomic E-state index is 5.92. The van der Waals surface area contributed by atoms with E-state index in [0.29, 0.717) is 5.95 Å². The SMILES string of the molecule is COc1ccc(C)cc1Nc1cc(C)nc(NCCc2ccc(Cl)cc2)n1. The van der Waals surface area contributed by atoms with Gasteiger partial charge in [-0.25, -0.2) is 4.98 Å². The average molecular weight is 383 g/mol. The van der Waals surface area contributed by atoms with Gasteiger partial charge >= 0.3 is 0 Å². The van der Waals surface area contributed by atoms with E-state index in [9.17, 15) is 0 Å². The van der Waals surface area contributed by atoms with Crippen molar-refractivity contribution < 1.29 is 4.74 Å². The van der Waals surface area contributed by atoms with E-state index in [0.717, 1.165) is 46.5 Å². The molecule has 0 amide bonds. The predicted molar refractivity (Wildman–Crippen MR) is 111 cm³/mol. The van der Waals surface area contributed by atoms with Crippen LogP contribution in [0.15, 0.2) is 48.5 Å². The van der Waals surface area contributed by atoms with Crippen LogP contribution < -0.4 is 15.4 Å². The quantitative estimate of drug-likeness (QED) is 0.591. The van der Waals surface area contributed by atoms with Gasteiger partial charge in [0.1, 0.15) is 11.6 Å². The largest absolute Gasteiger partial charge is 0.495 e. The molecule has 6 heteroatoms. The maximum Gasteiger partial charge on any atom is 0.224 e. The Bertz CT molecular complexity index is 913. The number of anilines is 3. The average Bonchev–Trinajstić information content (AvgIpc) is 2.63. The van der Waals surface area contributed by atoms with Gasteiger partial charge < -0.3 is 15.4 Å². The van der Waals surface area contributed by atoms with Gasteiger partial charge in [0.25, 0.3) is 0 Å². The van der Waals surface area contributed by atoms with Crippen molar-refractivity contribution in [3.8, 4) is 5.75 Å². The second kappa shape index (κ2) is 8.73. The fourth-order valence-corrected chi connectivity index (χ4v) is 2.86. The number of aromatic nitrogens is 2. The summed E-state index contributed by atoms with van der Waals surface area (Å²) in [5.41, 5.74) is 4.11. The summed E-state index contributed by atoms with van der Waals surface area (Å²) in [4.78, 5) is 9.04. The van der Waals surface area contributed by atoms with Gasteiger partial charge in [0, 0.05) is 23.3 Å². The van der Waals surface area contributed by atoms with Crippen molar-refractivity contribution in [1.29, 1.82) is 0 Å². The number of nitrogens with one attached hydrogen (secondary N) is 2. The summed E-state index contributed by atoms with van der Waals surface area (Å²) in [6.45, 7) is 4.72. The fraction of sp³-hybridized carbons (Fsp3) is 0.238. The van der Waals surface area contributed by atoms with Crippen LogP contribution in [0.25, 0.3) is 0 Å². The van der Waals surface area contributed by atoms with E-state index >= 15 is 0 Å². The van der Waals surface area contributed by atoms with Crippen LogP contribution in [0, 0.1) is 13.8 Å². The van der Waals surface area contributed by atoms with E-state index in [1.165, 1.54) is 5.56 Å². The molecule has 0 aliphatic carbocycles. The molecule has 1 aromatic heterocycles. The Morgan fingerprint density at radius 3 is 2.52 bits per heavy atom. The highest BCUT2D eigenvalue weighted by Crippen LogP contribution is 2.28. The Morgan fingerprint density at radius 1 is 1.00 bits per heavy atom. The summed E-state index contributed by atoms with van der Waals surface area (Å²) < 4.78 is 5.42. The van der Waals surface area contributed by atoms with Crippen molar-refractivity contribution in [3.05, 3.63) is 70.4 Å². The van der Waals surface area contributed by atoms with Gasteiger partial charge in [0.15, 0.2) is 0 Å². The summed E-state index contributed by atoms with van der Waals surface area (Å²) in [7, 11) is 1.66. The minimum atomic E-state index is 0.595. The fourth-order valence-electron chi connectivity index (χ4n) is 2.74. The molecule has 0 saturated heterocycles. The molecule has 0 atom stereocenters. The molecule has 1 heterocycles. The molecule has 140 valence electrons. The van der Waals surface area contributed by atoms with Crippen LogP contribution in [0.5, 0.6) is 5.75 Å². The lowest BCUT2D eigenvalue weighted by atomic mass is 10.1. The van der Waals surface area contributed by atoms with E-state index in [1.807, 2.05) is 62.4 Å². The third-order valence-corrected chi connectivity index (χ3v) is 4.33. The monoisotopic (exact) mass is 382 g/mol. The Balaban J connectivity index is 1.69. The molecular formula is C21H23ClN4O. The Labute approximate surface area is 164 Å². The van der Waals surface area contributed by atoms with E-state index in [2.05, 4.69) is 20.6 Å². The van der Waals surface area contributed by atoms with Crippen molar-refractivity contribution >= 4 is 29.1 Å². The van der Waals surface area contributed by atoms with Crippen LogP contribution >= 0.6 is 11.6 Å². The number of rotatable bonds is 7. The summed E-state index contributed by atoms with van der Waals surface area (Å²) >= 11 is 5.92. The van der Waals surface area contributed by atoms with Crippen LogP contribution in [-0.4, -0.2) is 23.6 Å². The van der Waals surface area contributed by atoms with Gasteiger partial charge in [-0.1, -0.05) is 29.8 Å². The summed E-state index contributed by atoms with van der Waals surface area (Å²) in [5, 5.41) is 7.36. The first-order chi connectivity index (χ1) is 13.0. The molecular weight excluding hydrogens is 360 g/mol. The van der Waals surface area contributed by atoms with Gasteiger partial charge in [-0.05, 0) is 55.7 Å². The summed E-state index contributed by atoms with van der Waals surface area (Å²) in [6, 6.07) is 15.7. The second-order valence-corrected chi connectivity index (χ2v) is 6.79. The van der Waals surface area contributed by atoms with Crippen molar-refractivity contribution in [3.63, 3.8) is 0 Å². The van der Waals surface area contributed by atoms with Crippen LogP contribution in [0.3, 0.4) is 0 Å². The molecule has 0 aliphatic rings. The van der Waals surface area contributed by atoms with Crippen molar-refractivity contribution in [2.75, 3.05) is 24.3 Å². The lowest BCUT2D eigenvalue weighted by molar-refractivity contribution is 0.416. The molecule has 2 aromatic carbocycles. The summed E-state index contributed by atoms with van der Waals surface area (Å²) in [6.07, 6.45) is 0.864. The number of hydrogen-bond donors (Lipinski definition) is 2. The Kier molecular flexibility index (Phi) is 6.14. The molecule has 27 heavy (non-hydrogen) atoms. The molecule has 0 fully saturated rings. The predicted octanol–water partition coefficient (Wildman–Crippen LogP) is 5.15. The highest BCUT2D eigenvalue weighted by atomic mass is 35.5. The van der Waals surface area contributed by atoms with E-state index in [4.69, 9.17) is 16.3 Å². The minimum Gasteiger partial charge on any atom is -0.495 e. The molecule has 3 rings (SSSR count). The molecule has 0 aliphatic heterocycles. The highest BCUT2D eigenvalue weighted by molar-refractivity contribution is 6.30. The maximum atomic E-state index is 5.92. The number of nitrogens with zero attached hydrogens (tertiary/aromatic N) is 2. The third-order valence-electron chi connectivity index (χ3n) is 4.08. The van der Waals surface area contributed by atoms with Gasteiger partial charge in [-0.3, -0.25) is 0 Å². The zero-order valence-electron chi connectivity index (χ0n) is 15.7. The van der Waals surface area contributed by atoms with Gasteiger partial charge in [-0.15, -0.1) is 0 Å². The normalized spacial score (nSPS) is 10.5. The van der Waals surface area contributed by atoms with Crippen LogP contribution in [0.4, 0.5) is 17.5 Å². The van der Waals surface area contributed by atoms with Gasteiger partial charge in [0.05, 0.1) is 12.8 Å². The van der Waals surface area contributed by atoms with Gasteiger partial charge in [-0.2, -0.15) is 4.98 Å². The minimum absolute atomic E-state index is 0.595. The van der Waals surface area contributed by atoms with Crippen molar-refractivity contribution in [2.24, 2.45) is 0 Å². The zero-order valence-corrected chi connectivity index (χ0v) is 16.5. The Morgan fingerprint density at radius 2 is 1.78 bits per heavy atom. The van der Waals surface area contributed by atoms with Crippen LogP contribution in [0.1, 0.15) is 16.8 Å². The first-order valence-corrected chi connectivity index (χ1v) is 9.17. The van der Waals surface area contributed by atoms with Crippen LogP contribution in [-0.2, 0) is 6.42 Å². The number of methoxy groups -OCH3 is 1. The lowest BCUT2D eigenvalue weighted by Gasteiger charge is -2.13. The first-order valence-electron chi connectivity index (χ1n) is 8.79. The highest BCUT2D eigenvalue weighted by Gasteiger charge is 2.07. The van der Waals surface area contributed by atoms with Crippen LogP contribution in [0.2, 0.25) is 5.02 Å². The second-order valence-electron chi connectivity index (χ2n) is 6.35. The molecule has 0 spiro atoms. The first kappa shape index (κ1) is 19.0. The third kappa shape index (κ3) is 5.34. The Hall–Kier alpha value is -2.79. The topological polar surface area (TPSA) is 59.1 Å². The molecule has 0 radical (unpaired) electrons. The van der Waals surface area contributed by atoms with E-state index in [-0.39, 0.29) is 0 Å². The number of halogens is 1. The lowest BCUT2D eigenvalue weighted by Crippen LogP contribution is -2.09. The molecule has 3 aromatic rings. The molecule has 0 unspecified atom stereocenters. The molecule has 0 saturated carbocycles. The number of benzene rings is 2. The van der Waals surface area contributed by atoms with E-state index < -0.39 is 0 Å². The number of aryl methyl sites for hydroxylation is 2. The number of hydrogen-bond acceptors (Lipinski definition) is 5. The van der Waals surface area contributed by atoms with Crippen molar-refractivity contribution in [1.82, 2.24) is 9.97 Å². The number of ether oxygens (including phenoxy) is 1. The standard InChI is InChI=1S/C21H23ClN4O/c1-14-4-9-19(27-3)18(12-14)25-20-13-15(2)24-21(26-20)23-11-10-16-5-7-17(22)8-6-16/h4-9,12-13H,10-11H2,1-3H3,(H2,23,24,25,26).